The van der Waals surface area contributed by atoms with Gasteiger partial charge in [-0.1, -0.05) is 29.8 Å². The maximum Gasteiger partial charge on any atom is 0.177 e. The number of aryl methyl sites for hydroxylation is 1. The molecule has 0 atom stereocenters. The lowest BCUT2D eigenvalue weighted by atomic mass is 10.1. The molecule has 0 saturated heterocycles. The van der Waals surface area contributed by atoms with Gasteiger partial charge < -0.3 is 4.57 Å². The van der Waals surface area contributed by atoms with Gasteiger partial charge in [-0.3, -0.25) is 0 Å². The zero-order valence-corrected chi connectivity index (χ0v) is 10.5. The molecule has 0 saturated carbocycles. The summed E-state index contributed by atoms with van der Waals surface area (Å²) in [6.07, 6.45) is 1.90. The number of benzene rings is 1. The van der Waals surface area contributed by atoms with Crippen molar-refractivity contribution in [3.8, 4) is 11.3 Å². The maximum absolute atomic E-state index is 4.27. The molecule has 0 aliphatic carbocycles. The number of nitrogens with zero attached hydrogens (tertiary/aromatic N) is 2. The van der Waals surface area contributed by atoms with E-state index in [-0.39, 0.29) is 0 Å². The highest BCUT2D eigenvalue weighted by Gasteiger charge is 2.07. The summed E-state index contributed by atoms with van der Waals surface area (Å²) >= 11 is 3.44. The molecule has 1 aromatic carbocycles. The summed E-state index contributed by atoms with van der Waals surface area (Å²) in [5.74, 6) is 0. The Morgan fingerprint density at radius 1 is 1.27 bits per heavy atom. The predicted molar refractivity (Wildman–Crippen MR) is 65.8 cm³/mol. The van der Waals surface area contributed by atoms with Gasteiger partial charge in [-0.15, -0.1) is 0 Å². The van der Waals surface area contributed by atoms with Gasteiger partial charge in [0.25, 0.3) is 0 Å². The van der Waals surface area contributed by atoms with Gasteiger partial charge >= 0.3 is 0 Å². The van der Waals surface area contributed by atoms with Crippen LogP contribution in [0.4, 0.5) is 0 Å². The van der Waals surface area contributed by atoms with Crippen LogP contribution in [0, 0.1) is 6.92 Å². The first-order valence-corrected chi connectivity index (χ1v) is 5.79. The van der Waals surface area contributed by atoms with Crippen molar-refractivity contribution in [1.29, 1.82) is 0 Å². The van der Waals surface area contributed by atoms with Gasteiger partial charge in [0.15, 0.2) is 4.73 Å². The second-order valence-corrected chi connectivity index (χ2v) is 4.23. The minimum Gasteiger partial charge on any atom is -0.319 e. The van der Waals surface area contributed by atoms with Crippen molar-refractivity contribution in [1.82, 2.24) is 9.55 Å². The van der Waals surface area contributed by atoms with Gasteiger partial charge in [0.05, 0.1) is 11.9 Å². The Morgan fingerprint density at radius 2 is 1.93 bits per heavy atom. The molecular weight excluding hydrogens is 252 g/mol. The molecule has 0 aliphatic rings. The lowest BCUT2D eigenvalue weighted by molar-refractivity contribution is 0.748. The molecule has 2 rings (SSSR count). The van der Waals surface area contributed by atoms with Crippen LogP contribution in [-0.4, -0.2) is 9.55 Å². The van der Waals surface area contributed by atoms with E-state index in [2.05, 4.69) is 63.6 Å². The van der Waals surface area contributed by atoms with Gasteiger partial charge in [0, 0.05) is 6.54 Å². The molecular formula is C12H13BrN2. The highest BCUT2D eigenvalue weighted by atomic mass is 79.9. The quantitative estimate of drug-likeness (QED) is 0.810. The fourth-order valence-corrected chi connectivity index (χ4v) is 2.15. The van der Waals surface area contributed by atoms with Crippen LogP contribution >= 0.6 is 15.9 Å². The minimum absolute atomic E-state index is 0.889. The van der Waals surface area contributed by atoms with Crippen LogP contribution in [0.5, 0.6) is 0 Å². The lowest BCUT2D eigenvalue weighted by Crippen LogP contribution is -1.96. The summed E-state index contributed by atoms with van der Waals surface area (Å²) < 4.78 is 3.03. The van der Waals surface area contributed by atoms with Crippen molar-refractivity contribution in [2.45, 2.75) is 20.4 Å². The highest BCUT2D eigenvalue weighted by molar-refractivity contribution is 9.10. The molecule has 2 aromatic rings. The maximum atomic E-state index is 4.27. The second kappa shape index (κ2) is 4.19. The zero-order valence-electron chi connectivity index (χ0n) is 8.87. The normalized spacial score (nSPS) is 10.6. The number of hydrogen-bond donors (Lipinski definition) is 0. The molecule has 0 fully saturated rings. The minimum atomic E-state index is 0.889. The van der Waals surface area contributed by atoms with Gasteiger partial charge in [0.1, 0.15) is 0 Å². The van der Waals surface area contributed by atoms with Crippen LogP contribution in [-0.2, 0) is 6.54 Å². The third-order valence-corrected chi connectivity index (χ3v) is 3.10. The van der Waals surface area contributed by atoms with Crippen molar-refractivity contribution < 1.29 is 0 Å². The zero-order chi connectivity index (χ0) is 10.8. The first-order valence-electron chi connectivity index (χ1n) is 5.00. The van der Waals surface area contributed by atoms with E-state index in [1.54, 1.807) is 0 Å². The lowest BCUT2D eigenvalue weighted by Gasteiger charge is -2.06. The van der Waals surface area contributed by atoms with E-state index in [0.29, 0.717) is 0 Å². The fraction of sp³-hybridized carbons (Fsp3) is 0.250. The van der Waals surface area contributed by atoms with Crippen molar-refractivity contribution in [3.05, 3.63) is 40.8 Å². The van der Waals surface area contributed by atoms with E-state index in [1.165, 1.54) is 11.1 Å². The summed E-state index contributed by atoms with van der Waals surface area (Å²) in [4.78, 5) is 4.27. The van der Waals surface area contributed by atoms with Gasteiger partial charge in [0.2, 0.25) is 0 Å². The van der Waals surface area contributed by atoms with Crippen LogP contribution in [0.25, 0.3) is 11.3 Å². The molecule has 15 heavy (non-hydrogen) atoms. The number of aromatic nitrogens is 2. The van der Waals surface area contributed by atoms with Gasteiger partial charge in [-0.2, -0.15) is 0 Å². The van der Waals surface area contributed by atoms with Crippen LogP contribution < -0.4 is 0 Å². The summed E-state index contributed by atoms with van der Waals surface area (Å²) in [6, 6.07) is 8.50. The van der Waals surface area contributed by atoms with Crippen molar-refractivity contribution in [2.24, 2.45) is 0 Å². The van der Waals surface area contributed by atoms with E-state index >= 15 is 0 Å². The molecule has 0 bridgehead atoms. The highest BCUT2D eigenvalue weighted by Crippen LogP contribution is 2.23. The summed E-state index contributed by atoms with van der Waals surface area (Å²) in [7, 11) is 0. The van der Waals surface area contributed by atoms with E-state index in [1.807, 2.05) is 6.20 Å². The Hall–Kier alpha value is -1.09. The van der Waals surface area contributed by atoms with E-state index in [4.69, 9.17) is 0 Å². The van der Waals surface area contributed by atoms with Crippen LogP contribution in [0.1, 0.15) is 12.5 Å². The molecule has 0 spiro atoms. The standard InChI is InChI=1S/C12H13BrN2/c1-3-15-11(8-14-12(15)13)10-6-4-9(2)5-7-10/h4-8H,3H2,1-2H3. The Kier molecular flexibility index (Phi) is 2.91. The van der Waals surface area contributed by atoms with Crippen molar-refractivity contribution in [2.75, 3.05) is 0 Å². The molecule has 0 unspecified atom stereocenters. The number of hydrogen-bond acceptors (Lipinski definition) is 1. The summed E-state index contributed by atoms with van der Waals surface area (Å²) in [5, 5.41) is 0. The van der Waals surface area contributed by atoms with Gasteiger partial charge in [-0.05, 0) is 35.3 Å². The average Bonchev–Trinajstić information content (AvgIpc) is 2.61. The molecule has 3 heteroatoms. The first-order chi connectivity index (χ1) is 7.22. The van der Waals surface area contributed by atoms with Gasteiger partial charge in [-0.25, -0.2) is 4.98 Å². The summed E-state index contributed by atoms with van der Waals surface area (Å²) in [6.45, 7) is 5.13. The summed E-state index contributed by atoms with van der Waals surface area (Å²) in [5.41, 5.74) is 3.64. The van der Waals surface area contributed by atoms with E-state index in [0.717, 1.165) is 17.0 Å². The van der Waals surface area contributed by atoms with Crippen LogP contribution in [0.2, 0.25) is 0 Å². The van der Waals surface area contributed by atoms with Crippen molar-refractivity contribution >= 4 is 15.9 Å². The number of imidazole rings is 1. The van der Waals surface area contributed by atoms with Crippen LogP contribution in [0.15, 0.2) is 35.2 Å². The fourth-order valence-electron chi connectivity index (χ4n) is 1.61. The Bertz CT molecular complexity index is 457. The van der Waals surface area contributed by atoms with Crippen molar-refractivity contribution in [3.63, 3.8) is 0 Å². The largest absolute Gasteiger partial charge is 0.319 e. The second-order valence-electron chi connectivity index (χ2n) is 3.52. The molecule has 2 nitrogen and oxygen atoms in total. The molecule has 0 aliphatic heterocycles. The van der Waals surface area contributed by atoms with E-state index in [9.17, 15) is 0 Å². The molecule has 78 valence electrons. The number of halogens is 1. The SMILES string of the molecule is CCn1c(-c2ccc(C)cc2)cnc1Br. The third-order valence-electron chi connectivity index (χ3n) is 2.47. The smallest absolute Gasteiger partial charge is 0.177 e. The molecule has 0 amide bonds. The first kappa shape index (κ1) is 10.4. The molecule has 1 heterocycles. The Labute approximate surface area is 98.1 Å². The third kappa shape index (κ3) is 1.97. The van der Waals surface area contributed by atoms with Crippen LogP contribution in [0.3, 0.4) is 0 Å². The monoisotopic (exact) mass is 264 g/mol. The topological polar surface area (TPSA) is 17.8 Å². The molecule has 0 radical (unpaired) electrons. The average molecular weight is 265 g/mol. The number of rotatable bonds is 2. The van der Waals surface area contributed by atoms with E-state index < -0.39 is 0 Å². The Balaban J connectivity index is 2.49. The predicted octanol–water partition coefficient (Wildman–Crippen LogP) is 3.64. The molecule has 0 N–H and O–H groups in total. The molecule has 1 aromatic heterocycles. The Morgan fingerprint density at radius 3 is 2.53 bits per heavy atom.